The van der Waals surface area contributed by atoms with Gasteiger partial charge in [0.25, 0.3) is 0 Å². The lowest BCUT2D eigenvalue weighted by atomic mass is 10.1. The van der Waals surface area contributed by atoms with Crippen LogP contribution in [0.4, 0.5) is 0 Å². The average Bonchev–Trinajstić information content (AvgIpc) is 2.78. The van der Waals surface area contributed by atoms with Gasteiger partial charge >= 0.3 is 0 Å². The lowest BCUT2D eigenvalue weighted by Crippen LogP contribution is -2.52. The molecule has 0 unspecified atom stereocenters. The fourth-order valence-electron chi connectivity index (χ4n) is 3.42. The molecular formula is C24H32ClN3O5S. The van der Waals surface area contributed by atoms with Crippen molar-refractivity contribution < 1.29 is 22.7 Å². The van der Waals surface area contributed by atoms with Crippen LogP contribution in [0, 0.1) is 0 Å². The van der Waals surface area contributed by atoms with Gasteiger partial charge in [-0.1, -0.05) is 30.7 Å². The van der Waals surface area contributed by atoms with Crippen LogP contribution >= 0.6 is 11.6 Å². The van der Waals surface area contributed by atoms with Crippen LogP contribution in [0.5, 0.6) is 5.75 Å². The second-order valence-electron chi connectivity index (χ2n) is 8.18. The van der Waals surface area contributed by atoms with Gasteiger partial charge < -0.3 is 15.0 Å². The van der Waals surface area contributed by atoms with E-state index in [1.807, 2.05) is 26.8 Å². The number of ether oxygens (including phenoxy) is 1. The van der Waals surface area contributed by atoms with E-state index in [-0.39, 0.29) is 23.4 Å². The number of likely N-dealkylation sites (N-methyl/N-ethyl adjacent to an activating group) is 1. The summed E-state index contributed by atoms with van der Waals surface area (Å²) in [5, 5.41) is 3.26. The third-order valence-corrected chi connectivity index (χ3v) is 7.25. The maximum atomic E-state index is 13.4. The lowest BCUT2D eigenvalue weighted by Gasteiger charge is -2.32. The summed E-state index contributed by atoms with van der Waals surface area (Å²) in [7, 11) is -1.05. The van der Waals surface area contributed by atoms with Crippen molar-refractivity contribution in [3.63, 3.8) is 0 Å². The summed E-state index contributed by atoms with van der Waals surface area (Å²) < 4.78 is 32.2. The summed E-state index contributed by atoms with van der Waals surface area (Å²) in [5.41, 5.74) is 0.756. The molecule has 0 aliphatic carbocycles. The van der Waals surface area contributed by atoms with Gasteiger partial charge in [0, 0.05) is 24.7 Å². The van der Waals surface area contributed by atoms with Crippen molar-refractivity contribution in [2.75, 3.05) is 20.7 Å². The quantitative estimate of drug-likeness (QED) is 0.501. The highest BCUT2D eigenvalue weighted by molar-refractivity contribution is 7.89. The fourth-order valence-corrected chi connectivity index (χ4v) is 4.67. The van der Waals surface area contributed by atoms with Crippen LogP contribution in [0.3, 0.4) is 0 Å². The highest BCUT2D eigenvalue weighted by Crippen LogP contribution is 2.20. The second-order valence-corrected chi connectivity index (χ2v) is 10.7. The van der Waals surface area contributed by atoms with Gasteiger partial charge in [0.05, 0.1) is 18.6 Å². The number of nitrogens with zero attached hydrogens (tertiary/aromatic N) is 2. The van der Waals surface area contributed by atoms with Crippen LogP contribution in [0.25, 0.3) is 0 Å². The summed E-state index contributed by atoms with van der Waals surface area (Å²) in [5.74, 6) is -0.169. The van der Waals surface area contributed by atoms with Gasteiger partial charge in [-0.3, -0.25) is 9.59 Å². The summed E-state index contributed by atoms with van der Waals surface area (Å²) in [6.45, 7) is 5.18. The van der Waals surface area contributed by atoms with E-state index >= 15 is 0 Å². The molecule has 0 fully saturated rings. The Morgan fingerprint density at radius 1 is 1.12 bits per heavy atom. The number of nitrogens with one attached hydrogen (secondary N) is 1. The average molecular weight is 510 g/mol. The van der Waals surface area contributed by atoms with E-state index in [1.165, 1.54) is 36.2 Å². The Balaban J connectivity index is 2.34. The predicted molar refractivity (Wildman–Crippen MR) is 132 cm³/mol. The van der Waals surface area contributed by atoms with E-state index in [2.05, 4.69) is 5.32 Å². The summed E-state index contributed by atoms with van der Waals surface area (Å²) in [6, 6.07) is 12.0. The molecule has 0 radical (unpaired) electrons. The van der Waals surface area contributed by atoms with E-state index in [0.29, 0.717) is 17.2 Å². The minimum absolute atomic E-state index is 0.0242. The van der Waals surface area contributed by atoms with E-state index in [1.54, 1.807) is 25.3 Å². The van der Waals surface area contributed by atoms with Crippen molar-refractivity contribution in [2.24, 2.45) is 0 Å². The van der Waals surface area contributed by atoms with Crippen molar-refractivity contribution in [1.82, 2.24) is 14.5 Å². The molecule has 1 atom stereocenters. The highest BCUT2D eigenvalue weighted by atomic mass is 35.5. The molecule has 0 heterocycles. The van der Waals surface area contributed by atoms with Crippen molar-refractivity contribution in [3.8, 4) is 5.75 Å². The molecule has 1 N–H and O–H groups in total. The number of carbonyl (C=O) groups is 2. The number of amides is 2. The summed E-state index contributed by atoms with van der Waals surface area (Å²) >= 11 is 5.87. The monoisotopic (exact) mass is 509 g/mol. The zero-order chi connectivity index (χ0) is 25.5. The molecule has 0 aromatic heterocycles. The van der Waals surface area contributed by atoms with Crippen molar-refractivity contribution >= 4 is 33.4 Å². The third-order valence-electron chi connectivity index (χ3n) is 5.18. The van der Waals surface area contributed by atoms with Crippen LogP contribution in [0.2, 0.25) is 5.02 Å². The SMILES string of the molecule is CC[C@@H](C(=O)NC(C)C)N(Cc1cccc(OC)c1)C(=O)CN(C)S(=O)(=O)c1ccc(Cl)cc1. The summed E-state index contributed by atoms with van der Waals surface area (Å²) in [4.78, 5) is 27.8. The van der Waals surface area contributed by atoms with Crippen LogP contribution in [0.15, 0.2) is 53.4 Å². The van der Waals surface area contributed by atoms with Gasteiger partial charge in [-0.15, -0.1) is 0 Å². The lowest BCUT2D eigenvalue weighted by molar-refractivity contribution is -0.141. The maximum absolute atomic E-state index is 13.4. The first-order valence-electron chi connectivity index (χ1n) is 10.9. The Labute approximate surface area is 206 Å². The second kappa shape index (κ2) is 12.2. The fraction of sp³-hybridized carbons (Fsp3) is 0.417. The minimum Gasteiger partial charge on any atom is -0.497 e. The molecule has 0 bridgehead atoms. The van der Waals surface area contributed by atoms with Crippen LogP contribution in [0.1, 0.15) is 32.8 Å². The van der Waals surface area contributed by atoms with Gasteiger partial charge in [0.1, 0.15) is 11.8 Å². The maximum Gasteiger partial charge on any atom is 0.243 e. The normalized spacial score (nSPS) is 12.5. The molecule has 10 heteroatoms. The van der Waals surface area contributed by atoms with Gasteiger partial charge in [-0.25, -0.2) is 8.42 Å². The highest BCUT2D eigenvalue weighted by Gasteiger charge is 2.32. The molecule has 0 saturated heterocycles. The molecule has 8 nitrogen and oxygen atoms in total. The number of halogens is 1. The Hall–Kier alpha value is -2.62. The van der Waals surface area contributed by atoms with Crippen LogP contribution < -0.4 is 10.1 Å². The Morgan fingerprint density at radius 2 is 1.76 bits per heavy atom. The number of rotatable bonds is 11. The summed E-state index contributed by atoms with van der Waals surface area (Å²) in [6.07, 6.45) is 0.363. The molecule has 0 spiro atoms. The van der Waals surface area contributed by atoms with Crippen LogP contribution in [-0.2, 0) is 26.2 Å². The zero-order valence-electron chi connectivity index (χ0n) is 20.1. The minimum atomic E-state index is -3.93. The van der Waals surface area contributed by atoms with Crippen molar-refractivity contribution in [1.29, 1.82) is 0 Å². The molecule has 0 saturated carbocycles. The van der Waals surface area contributed by atoms with Gasteiger partial charge in [-0.05, 0) is 62.2 Å². The molecule has 186 valence electrons. The van der Waals surface area contributed by atoms with Crippen LogP contribution in [-0.4, -0.2) is 62.2 Å². The van der Waals surface area contributed by atoms with Gasteiger partial charge in [0.2, 0.25) is 21.8 Å². The predicted octanol–water partition coefficient (Wildman–Crippen LogP) is 3.30. The Kier molecular flexibility index (Phi) is 9.90. The molecule has 2 amide bonds. The molecule has 2 rings (SSSR count). The number of methoxy groups -OCH3 is 1. The molecular weight excluding hydrogens is 478 g/mol. The number of hydrogen-bond donors (Lipinski definition) is 1. The molecule has 0 aliphatic heterocycles. The molecule has 34 heavy (non-hydrogen) atoms. The topological polar surface area (TPSA) is 96.0 Å². The number of carbonyl (C=O) groups excluding carboxylic acids is 2. The van der Waals surface area contributed by atoms with E-state index < -0.39 is 28.5 Å². The van der Waals surface area contributed by atoms with E-state index in [9.17, 15) is 18.0 Å². The largest absolute Gasteiger partial charge is 0.497 e. The van der Waals surface area contributed by atoms with E-state index in [0.717, 1.165) is 9.87 Å². The Morgan fingerprint density at radius 3 is 2.32 bits per heavy atom. The molecule has 0 aliphatic rings. The Bertz CT molecular complexity index is 1090. The van der Waals surface area contributed by atoms with Gasteiger partial charge in [-0.2, -0.15) is 4.31 Å². The smallest absolute Gasteiger partial charge is 0.243 e. The number of hydrogen-bond acceptors (Lipinski definition) is 5. The van der Waals surface area contributed by atoms with Crippen molar-refractivity contribution in [2.45, 2.75) is 50.7 Å². The van der Waals surface area contributed by atoms with Crippen molar-refractivity contribution in [3.05, 3.63) is 59.1 Å². The first-order valence-corrected chi connectivity index (χ1v) is 12.8. The first-order chi connectivity index (χ1) is 16.0. The van der Waals surface area contributed by atoms with Gasteiger partial charge in [0.15, 0.2) is 0 Å². The zero-order valence-corrected chi connectivity index (χ0v) is 21.7. The van der Waals surface area contributed by atoms with E-state index in [4.69, 9.17) is 16.3 Å². The standard InChI is InChI=1S/C24H32ClN3O5S/c1-6-22(24(30)26-17(2)3)28(15-18-8-7-9-20(14-18)33-5)23(29)16-27(4)34(31,32)21-12-10-19(25)11-13-21/h7-14,17,22H,6,15-16H2,1-5H3,(H,26,30)/t22-/m0/s1. The number of sulfonamides is 1. The molecule has 2 aromatic carbocycles. The number of benzene rings is 2. The third kappa shape index (κ3) is 7.19. The first kappa shape index (κ1) is 27.6. The molecule has 2 aromatic rings.